The third-order valence-corrected chi connectivity index (χ3v) is 4.87. The van der Waals surface area contributed by atoms with E-state index in [0.717, 1.165) is 10.4 Å². The number of aryl methyl sites for hydroxylation is 1. The van der Waals surface area contributed by atoms with Crippen molar-refractivity contribution < 1.29 is 22.7 Å². The van der Waals surface area contributed by atoms with Crippen LogP contribution in [0.3, 0.4) is 0 Å². The van der Waals surface area contributed by atoms with Gasteiger partial charge in [-0.2, -0.15) is 12.7 Å². The number of piperidine rings is 1. The molecule has 0 spiro atoms. The van der Waals surface area contributed by atoms with E-state index in [1.165, 1.54) is 12.1 Å². The highest BCUT2D eigenvalue weighted by Crippen LogP contribution is 2.22. The summed E-state index contributed by atoms with van der Waals surface area (Å²) in [5, 5.41) is 8.99. The van der Waals surface area contributed by atoms with Crippen molar-refractivity contribution >= 4 is 21.9 Å². The molecular formula is C13H17FN2O4S. The van der Waals surface area contributed by atoms with Crippen LogP contribution in [0.4, 0.5) is 10.1 Å². The molecule has 1 heterocycles. The van der Waals surface area contributed by atoms with Crippen LogP contribution >= 0.6 is 0 Å². The smallest absolute Gasteiger partial charge is 0.307 e. The van der Waals surface area contributed by atoms with Gasteiger partial charge in [0.05, 0.1) is 11.6 Å². The summed E-state index contributed by atoms with van der Waals surface area (Å²) in [4.78, 5) is 11.0. The molecule has 2 rings (SSSR count). The number of anilines is 1. The first-order valence-corrected chi connectivity index (χ1v) is 8.00. The number of rotatable bonds is 4. The Labute approximate surface area is 122 Å². The first-order chi connectivity index (χ1) is 9.78. The van der Waals surface area contributed by atoms with Crippen LogP contribution in [-0.4, -0.2) is 36.9 Å². The Morgan fingerprint density at radius 2 is 2.14 bits per heavy atom. The van der Waals surface area contributed by atoms with Gasteiger partial charge >= 0.3 is 16.2 Å². The first-order valence-electron chi connectivity index (χ1n) is 6.56. The Morgan fingerprint density at radius 3 is 2.76 bits per heavy atom. The Kier molecular flexibility index (Phi) is 4.48. The second-order valence-electron chi connectivity index (χ2n) is 5.16. The summed E-state index contributed by atoms with van der Waals surface area (Å²) in [6.45, 7) is 1.84. The number of nitrogens with zero attached hydrogens (tertiary/aromatic N) is 1. The molecule has 0 bridgehead atoms. The molecule has 6 nitrogen and oxygen atoms in total. The average molecular weight is 316 g/mol. The predicted molar refractivity (Wildman–Crippen MR) is 75.6 cm³/mol. The molecule has 1 fully saturated rings. The lowest BCUT2D eigenvalue weighted by atomic mass is 10.0. The number of carboxylic acid groups (broad SMARTS) is 1. The molecule has 2 N–H and O–H groups in total. The average Bonchev–Trinajstić information content (AvgIpc) is 2.37. The van der Waals surface area contributed by atoms with Crippen molar-refractivity contribution in [3.05, 3.63) is 29.6 Å². The third-order valence-electron chi connectivity index (χ3n) is 3.36. The minimum atomic E-state index is -3.88. The van der Waals surface area contributed by atoms with E-state index in [4.69, 9.17) is 5.11 Å². The van der Waals surface area contributed by atoms with Crippen LogP contribution in [0.5, 0.6) is 0 Å². The molecule has 21 heavy (non-hydrogen) atoms. The number of benzene rings is 1. The number of carbonyl (C=O) groups is 1. The van der Waals surface area contributed by atoms with Gasteiger partial charge in [0.2, 0.25) is 0 Å². The summed E-state index contributed by atoms with van der Waals surface area (Å²) in [5.41, 5.74) is 0.722. The van der Waals surface area contributed by atoms with Gasteiger partial charge in [-0.1, -0.05) is 0 Å². The first kappa shape index (κ1) is 15.7. The van der Waals surface area contributed by atoms with Crippen LogP contribution in [0.25, 0.3) is 0 Å². The molecule has 1 aliphatic heterocycles. The van der Waals surface area contributed by atoms with Crippen LogP contribution in [0.15, 0.2) is 18.2 Å². The molecule has 0 aliphatic carbocycles. The van der Waals surface area contributed by atoms with Crippen molar-refractivity contribution in [1.82, 2.24) is 4.31 Å². The number of nitrogens with one attached hydrogen (secondary N) is 1. The number of hydrogen-bond donors (Lipinski definition) is 2. The largest absolute Gasteiger partial charge is 0.481 e. The molecule has 1 atom stereocenters. The van der Waals surface area contributed by atoms with Crippen LogP contribution in [-0.2, 0) is 15.0 Å². The molecule has 116 valence electrons. The van der Waals surface area contributed by atoms with E-state index in [9.17, 15) is 17.6 Å². The number of aliphatic carboxylic acids is 1. The summed E-state index contributed by atoms with van der Waals surface area (Å²) >= 11 is 0. The molecule has 1 aromatic carbocycles. The zero-order valence-electron chi connectivity index (χ0n) is 11.5. The van der Waals surface area contributed by atoms with Crippen LogP contribution in [0, 0.1) is 18.7 Å². The Hall–Kier alpha value is -1.67. The van der Waals surface area contributed by atoms with E-state index < -0.39 is 27.9 Å². The minimum Gasteiger partial charge on any atom is -0.481 e. The van der Waals surface area contributed by atoms with Gasteiger partial charge in [-0.15, -0.1) is 0 Å². The lowest BCUT2D eigenvalue weighted by Crippen LogP contribution is -2.44. The SMILES string of the molecule is Cc1cc(F)cc(NS(=O)(=O)N2CCCC(C(=O)O)C2)c1. The van der Waals surface area contributed by atoms with Crippen molar-refractivity contribution in [2.75, 3.05) is 17.8 Å². The highest BCUT2D eigenvalue weighted by molar-refractivity contribution is 7.90. The topological polar surface area (TPSA) is 86.7 Å². The molecule has 0 amide bonds. The summed E-state index contributed by atoms with van der Waals surface area (Å²) in [6, 6.07) is 3.89. The van der Waals surface area contributed by atoms with E-state index in [1.807, 2.05) is 0 Å². The lowest BCUT2D eigenvalue weighted by Gasteiger charge is -2.30. The lowest BCUT2D eigenvalue weighted by molar-refractivity contribution is -0.142. The zero-order valence-corrected chi connectivity index (χ0v) is 12.4. The third kappa shape index (κ3) is 3.92. The van der Waals surface area contributed by atoms with Gasteiger partial charge in [0, 0.05) is 13.1 Å². The summed E-state index contributed by atoms with van der Waals surface area (Å²) in [5.74, 6) is -2.24. The summed E-state index contributed by atoms with van der Waals surface area (Å²) < 4.78 is 41.2. The zero-order chi connectivity index (χ0) is 15.6. The Morgan fingerprint density at radius 1 is 1.43 bits per heavy atom. The van der Waals surface area contributed by atoms with Gasteiger partial charge in [-0.05, 0) is 43.5 Å². The Balaban J connectivity index is 2.16. The molecule has 1 unspecified atom stereocenters. The highest BCUT2D eigenvalue weighted by atomic mass is 32.2. The molecule has 0 aromatic heterocycles. The Bertz CT molecular complexity index is 627. The van der Waals surface area contributed by atoms with Crippen LogP contribution in [0.1, 0.15) is 18.4 Å². The van der Waals surface area contributed by atoms with Gasteiger partial charge in [0.25, 0.3) is 0 Å². The van der Waals surface area contributed by atoms with E-state index >= 15 is 0 Å². The number of halogens is 1. The van der Waals surface area contributed by atoms with Gasteiger partial charge < -0.3 is 5.11 Å². The standard InChI is InChI=1S/C13H17FN2O4S/c1-9-5-11(14)7-12(6-9)15-21(19,20)16-4-2-3-10(8-16)13(17)18/h5-7,10,15H,2-4,8H2,1H3,(H,17,18). The normalized spacial score (nSPS) is 20.2. The quantitative estimate of drug-likeness (QED) is 0.883. The fourth-order valence-corrected chi connectivity index (χ4v) is 3.66. The monoisotopic (exact) mass is 316 g/mol. The van der Waals surface area contributed by atoms with E-state index in [-0.39, 0.29) is 18.8 Å². The second-order valence-corrected chi connectivity index (χ2v) is 6.83. The summed E-state index contributed by atoms with van der Waals surface area (Å²) in [6.07, 6.45) is 0.945. The molecular weight excluding hydrogens is 299 g/mol. The second kappa shape index (κ2) is 5.98. The number of carboxylic acids is 1. The van der Waals surface area contributed by atoms with Crippen LogP contribution in [0.2, 0.25) is 0 Å². The maximum Gasteiger partial charge on any atom is 0.307 e. The predicted octanol–water partition coefficient (Wildman–Crippen LogP) is 1.59. The molecule has 0 saturated carbocycles. The highest BCUT2D eigenvalue weighted by Gasteiger charge is 2.32. The maximum absolute atomic E-state index is 13.3. The molecule has 0 radical (unpaired) electrons. The van der Waals surface area contributed by atoms with Crippen molar-refractivity contribution in [2.24, 2.45) is 5.92 Å². The van der Waals surface area contributed by atoms with Crippen LogP contribution < -0.4 is 4.72 Å². The van der Waals surface area contributed by atoms with Gasteiger partial charge in [0.1, 0.15) is 5.82 Å². The van der Waals surface area contributed by atoms with Crippen molar-refractivity contribution in [3.8, 4) is 0 Å². The summed E-state index contributed by atoms with van der Waals surface area (Å²) in [7, 11) is -3.88. The minimum absolute atomic E-state index is 0.0705. The molecule has 8 heteroatoms. The van der Waals surface area contributed by atoms with Crippen molar-refractivity contribution in [1.29, 1.82) is 0 Å². The van der Waals surface area contributed by atoms with Gasteiger partial charge in [0.15, 0.2) is 0 Å². The van der Waals surface area contributed by atoms with Gasteiger partial charge in [-0.3, -0.25) is 9.52 Å². The van der Waals surface area contributed by atoms with Crippen molar-refractivity contribution in [2.45, 2.75) is 19.8 Å². The van der Waals surface area contributed by atoms with Gasteiger partial charge in [-0.25, -0.2) is 4.39 Å². The van der Waals surface area contributed by atoms with E-state index in [0.29, 0.717) is 18.4 Å². The van der Waals surface area contributed by atoms with Crippen molar-refractivity contribution in [3.63, 3.8) is 0 Å². The number of hydrogen-bond acceptors (Lipinski definition) is 3. The molecule has 1 saturated heterocycles. The molecule has 1 aromatic rings. The fraction of sp³-hybridized carbons (Fsp3) is 0.462. The molecule has 1 aliphatic rings. The van der Waals surface area contributed by atoms with E-state index in [1.54, 1.807) is 6.92 Å². The maximum atomic E-state index is 13.3. The van der Waals surface area contributed by atoms with E-state index in [2.05, 4.69) is 4.72 Å². The fourth-order valence-electron chi connectivity index (χ4n) is 2.37.